The molecule has 3 rings (SSSR count). The Bertz CT molecular complexity index is 740. The van der Waals surface area contributed by atoms with Crippen molar-refractivity contribution in [3.05, 3.63) is 66.6 Å². The summed E-state index contributed by atoms with van der Waals surface area (Å²) in [6.07, 6.45) is 1.76. The van der Waals surface area contributed by atoms with Crippen LogP contribution in [0.15, 0.2) is 60.8 Å². The number of hydrogen-bond donors (Lipinski definition) is 1. The molecule has 4 heteroatoms. The molecule has 3 aromatic rings. The SMILES string of the molecule is Fc1cccc(NCCOc2cccc3ncccc23)c1. The lowest BCUT2D eigenvalue weighted by atomic mass is 10.2. The van der Waals surface area contributed by atoms with Gasteiger partial charge in [-0.05, 0) is 42.5 Å². The summed E-state index contributed by atoms with van der Waals surface area (Å²) in [4.78, 5) is 4.29. The quantitative estimate of drug-likeness (QED) is 0.721. The first-order valence-electron chi connectivity index (χ1n) is 6.79. The number of halogens is 1. The highest BCUT2D eigenvalue weighted by molar-refractivity contribution is 5.84. The summed E-state index contributed by atoms with van der Waals surface area (Å²) in [7, 11) is 0. The van der Waals surface area contributed by atoms with Crippen molar-refractivity contribution in [2.75, 3.05) is 18.5 Å². The fraction of sp³-hybridized carbons (Fsp3) is 0.118. The van der Waals surface area contributed by atoms with E-state index in [1.807, 2.05) is 36.4 Å². The summed E-state index contributed by atoms with van der Waals surface area (Å²) in [5.41, 5.74) is 1.66. The Hall–Kier alpha value is -2.62. The Morgan fingerprint density at radius 1 is 1.05 bits per heavy atom. The molecule has 0 saturated carbocycles. The Morgan fingerprint density at radius 2 is 1.95 bits per heavy atom. The number of aromatic nitrogens is 1. The maximum absolute atomic E-state index is 13.0. The van der Waals surface area contributed by atoms with Gasteiger partial charge in [0.15, 0.2) is 0 Å². The maximum atomic E-state index is 13.0. The third-order valence-corrected chi connectivity index (χ3v) is 3.12. The number of nitrogens with one attached hydrogen (secondary N) is 1. The molecule has 21 heavy (non-hydrogen) atoms. The van der Waals surface area contributed by atoms with Gasteiger partial charge in [-0.25, -0.2) is 4.39 Å². The highest BCUT2D eigenvalue weighted by Crippen LogP contribution is 2.23. The minimum absolute atomic E-state index is 0.249. The van der Waals surface area contributed by atoms with Crippen LogP contribution in [0.5, 0.6) is 5.75 Å². The Balaban J connectivity index is 1.60. The Morgan fingerprint density at radius 3 is 2.86 bits per heavy atom. The Labute approximate surface area is 122 Å². The molecule has 0 aliphatic heterocycles. The van der Waals surface area contributed by atoms with Gasteiger partial charge < -0.3 is 10.1 Å². The average Bonchev–Trinajstić information content (AvgIpc) is 2.52. The fourth-order valence-corrected chi connectivity index (χ4v) is 2.16. The number of fused-ring (bicyclic) bond motifs is 1. The summed E-state index contributed by atoms with van der Waals surface area (Å²) < 4.78 is 18.8. The molecule has 3 nitrogen and oxygen atoms in total. The van der Waals surface area contributed by atoms with Gasteiger partial charge in [-0.15, -0.1) is 0 Å². The van der Waals surface area contributed by atoms with Crippen molar-refractivity contribution in [1.82, 2.24) is 4.98 Å². The third kappa shape index (κ3) is 3.28. The van der Waals surface area contributed by atoms with Gasteiger partial charge in [0.25, 0.3) is 0 Å². The van der Waals surface area contributed by atoms with Crippen molar-refractivity contribution >= 4 is 16.6 Å². The van der Waals surface area contributed by atoms with E-state index in [1.165, 1.54) is 12.1 Å². The van der Waals surface area contributed by atoms with E-state index >= 15 is 0 Å². The van der Waals surface area contributed by atoms with Crippen molar-refractivity contribution in [3.63, 3.8) is 0 Å². The van der Waals surface area contributed by atoms with E-state index in [-0.39, 0.29) is 5.82 Å². The molecule has 0 saturated heterocycles. The van der Waals surface area contributed by atoms with Gasteiger partial charge in [0.05, 0.1) is 5.52 Å². The summed E-state index contributed by atoms with van der Waals surface area (Å²) in [6.45, 7) is 1.09. The minimum Gasteiger partial charge on any atom is -0.491 e. The van der Waals surface area contributed by atoms with E-state index in [2.05, 4.69) is 10.3 Å². The molecule has 0 aliphatic rings. The number of ether oxygens (including phenoxy) is 1. The molecule has 106 valence electrons. The van der Waals surface area contributed by atoms with Crippen LogP contribution in [0.25, 0.3) is 10.9 Å². The van der Waals surface area contributed by atoms with E-state index in [0.717, 1.165) is 22.3 Å². The van der Waals surface area contributed by atoms with Crippen LogP contribution in [0.4, 0.5) is 10.1 Å². The van der Waals surface area contributed by atoms with Crippen molar-refractivity contribution in [3.8, 4) is 5.75 Å². The van der Waals surface area contributed by atoms with Gasteiger partial charge in [0.2, 0.25) is 0 Å². The van der Waals surface area contributed by atoms with Gasteiger partial charge in [-0.1, -0.05) is 12.1 Å². The summed E-state index contributed by atoms with van der Waals surface area (Å²) in [5, 5.41) is 4.11. The van der Waals surface area contributed by atoms with E-state index in [4.69, 9.17) is 4.74 Å². The zero-order valence-electron chi connectivity index (χ0n) is 11.4. The van der Waals surface area contributed by atoms with Crippen molar-refractivity contribution < 1.29 is 9.13 Å². The highest BCUT2D eigenvalue weighted by Gasteiger charge is 2.01. The summed E-state index contributed by atoms with van der Waals surface area (Å²) >= 11 is 0. The lowest BCUT2D eigenvalue weighted by Gasteiger charge is -2.10. The number of nitrogens with zero attached hydrogens (tertiary/aromatic N) is 1. The zero-order valence-corrected chi connectivity index (χ0v) is 11.4. The second-order valence-electron chi connectivity index (χ2n) is 4.61. The van der Waals surface area contributed by atoms with Crippen LogP contribution >= 0.6 is 0 Å². The molecule has 0 aliphatic carbocycles. The summed E-state index contributed by atoms with van der Waals surface area (Å²) in [5.74, 6) is 0.558. The molecule has 1 aromatic heterocycles. The molecule has 0 spiro atoms. The van der Waals surface area contributed by atoms with E-state index in [0.29, 0.717) is 13.2 Å². The van der Waals surface area contributed by atoms with Gasteiger partial charge in [0.1, 0.15) is 18.2 Å². The monoisotopic (exact) mass is 282 g/mol. The predicted octanol–water partition coefficient (Wildman–Crippen LogP) is 3.86. The molecule has 0 bridgehead atoms. The van der Waals surface area contributed by atoms with Gasteiger partial charge in [0, 0.05) is 23.8 Å². The number of hydrogen-bond acceptors (Lipinski definition) is 3. The average molecular weight is 282 g/mol. The minimum atomic E-state index is -0.249. The van der Waals surface area contributed by atoms with Crippen molar-refractivity contribution in [2.24, 2.45) is 0 Å². The molecule has 1 heterocycles. The molecular formula is C17H15FN2O. The predicted molar refractivity (Wildman–Crippen MR) is 82.1 cm³/mol. The fourth-order valence-electron chi connectivity index (χ4n) is 2.16. The van der Waals surface area contributed by atoms with E-state index in [1.54, 1.807) is 12.3 Å². The second-order valence-corrected chi connectivity index (χ2v) is 4.61. The van der Waals surface area contributed by atoms with Crippen molar-refractivity contribution in [1.29, 1.82) is 0 Å². The molecule has 0 atom stereocenters. The van der Waals surface area contributed by atoms with Crippen LogP contribution in [0.1, 0.15) is 0 Å². The number of rotatable bonds is 5. The van der Waals surface area contributed by atoms with Crippen LogP contribution < -0.4 is 10.1 Å². The highest BCUT2D eigenvalue weighted by atomic mass is 19.1. The van der Waals surface area contributed by atoms with Crippen LogP contribution in [-0.2, 0) is 0 Å². The number of pyridine rings is 1. The van der Waals surface area contributed by atoms with Crippen LogP contribution in [-0.4, -0.2) is 18.1 Å². The Kier molecular flexibility index (Phi) is 3.96. The van der Waals surface area contributed by atoms with Crippen LogP contribution in [0, 0.1) is 5.82 Å². The standard InChI is InChI=1S/C17H15FN2O/c18-13-4-1-5-14(12-13)19-10-11-21-17-8-2-7-16-15(17)6-3-9-20-16/h1-9,12,19H,10-11H2. The first-order chi connectivity index (χ1) is 10.3. The van der Waals surface area contributed by atoms with Gasteiger partial charge >= 0.3 is 0 Å². The van der Waals surface area contributed by atoms with E-state index in [9.17, 15) is 4.39 Å². The first kappa shape index (κ1) is 13.4. The van der Waals surface area contributed by atoms with E-state index < -0.39 is 0 Å². The molecule has 0 amide bonds. The largest absolute Gasteiger partial charge is 0.491 e. The summed E-state index contributed by atoms with van der Waals surface area (Å²) in [6, 6.07) is 16.0. The molecule has 0 fully saturated rings. The second kappa shape index (κ2) is 6.22. The number of benzene rings is 2. The molecule has 0 unspecified atom stereocenters. The maximum Gasteiger partial charge on any atom is 0.128 e. The topological polar surface area (TPSA) is 34.1 Å². The molecular weight excluding hydrogens is 267 g/mol. The van der Waals surface area contributed by atoms with Crippen LogP contribution in [0.3, 0.4) is 0 Å². The zero-order chi connectivity index (χ0) is 14.5. The molecule has 0 radical (unpaired) electrons. The first-order valence-corrected chi connectivity index (χ1v) is 6.79. The van der Waals surface area contributed by atoms with Crippen LogP contribution in [0.2, 0.25) is 0 Å². The van der Waals surface area contributed by atoms with Gasteiger partial charge in [-0.2, -0.15) is 0 Å². The lowest BCUT2D eigenvalue weighted by molar-refractivity contribution is 0.337. The van der Waals surface area contributed by atoms with Crippen molar-refractivity contribution in [2.45, 2.75) is 0 Å². The number of anilines is 1. The third-order valence-electron chi connectivity index (χ3n) is 3.12. The lowest BCUT2D eigenvalue weighted by Crippen LogP contribution is -2.11. The molecule has 2 aromatic carbocycles. The molecule has 1 N–H and O–H groups in total. The normalized spacial score (nSPS) is 10.5. The smallest absolute Gasteiger partial charge is 0.128 e. The van der Waals surface area contributed by atoms with Gasteiger partial charge in [-0.3, -0.25) is 4.98 Å².